The van der Waals surface area contributed by atoms with Gasteiger partial charge in [0.2, 0.25) is 0 Å². The number of carbonyl (C=O) groups excluding carboxylic acids is 1. The van der Waals surface area contributed by atoms with Crippen LogP contribution in [0.4, 0.5) is 0 Å². The molecule has 0 saturated carbocycles. The van der Waals surface area contributed by atoms with Gasteiger partial charge in [0, 0.05) is 23.0 Å². The van der Waals surface area contributed by atoms with Crippen LogP contribution in [0.15, 0.2) is 35.9 Å². The number of hydrogen-bond donors (Lipinski definition) is 1. The second-order valence-electron chi connectivity index (χ2n) is 5.63. The molecule has 0 bridgehead atoms. The molecule has 2 rings (SSSR count). The molecular formula is C20H23N3O3. The van der Waals surface area contributed by atoms with Crippen LogP contribution < -0.4 is 14.9 Å². The third-order valence-electron chi connectivity index (χ3n) is 3.75. The number of amides is 1. The van der Waals surface area contributed by atoms with Crippen molar-refractivity contribution in [3.8, 4) is 17.6 Å². The zero-order chi connectivity index (χ0) is 19.1. The van der Waals surface area contributed by atoms with Gasteiger partial charge in [-0.15, -0.1) is 0 Å². The number of nitrogens with zero attached hydrogens (tertiary/aromatic N) is 2. The smallest absolute Gasteiger partial charge is 0.280 e. The summed E-state index contributed by atoms with van der Waals surface area (Å²) >= 11 is 0. The van der Waals surface area contributed by atoms with Crippen molar-refractivity contribution in [2.24, 2.45) is 0 Å². The molecule has 136 valence electrons. The number of carbonyl (C=O) groups is 1. The highest BCUT2D eigenvalue weighted by Gasteiger charge is 2.13. The van der Waals surface area contributed by atoms with E-state index in [1.165, 1.54) is 6.08 Å². The van der Waals surface area contributed by atoms with Gasteiger partial charge in [0.25, 0.3) is 5.91 Å². The van der Waals surface area contributed by atoms with Crippen LogP contribution in [-0.2, 0) is 4.79 Å². The summed E-state index contributed by atoms with van der Waals surface area (Å²) in [5.74, 6) is 0.758. The number of hydrogen-bond acceptors (Lipinski definition) is 4. The summed E-state index contributed by atoms with van der Waals surface area (Å²) in [6, 6.07) is 11.1. The van der Waals surface area contributed by atoms with Gasteiger partial charge < -0.3 is 9.47 Å². The minimum atomic E-state index is -0.480. The van der Waals surface area contributed by atoms with E-state index in [4.69, 9.17) is 9.47 Å². The Labute approximate surface area is 153 Å². The van der Waals surface area contributed by atoms with Crippen LogP contribution in [0.5, 0.6) is 11.5 Å². The zero-order valence-corrected chi connectivity index (χ0v) is 15.5. The minimum Gasteiger partial charge on any atom is -0.494 e. The van der Waals surface area contributed by atoms with Crippen molar-refractivity contribution in [2.45, 2.75) is 27.7 Å². The highest BCUT2D eigenvalue weighted by Crippen LogP contribution is 2.27. The molecule has 1 amide bonds. The number of nitriles is 1. The van der Waals surface area contributed by atoms with Gasteiger partial charge in [-0.1, -0.05) is 0 Å². The van der Waals surface area contributed by atoms with Crippen molar-refractivity contribution in [3.05, 3.63) is 52.9 Å². The molecule has 0 aliphatic rings. The Kier molecular flexibility index (Phi) is 6.45. The van der Waals surface area contributed by atoms with Gasteiger partial charge >= 0.3 is 0 Å². The number of benzene rings is 1. The Hall–Kier alpha value is -3.20. The SMILES string of the molecule is CCOc1ccc(/C=C(/C#N)C(=O)Nn2c(C)ccc2C)c(OCC)c1. The standard InChI is InChI=1S/C20H23N3O3/c1-5-25-18-10-9-16(19(12-18)26-6-2)11-17(13-21)20(24)22-23-14(3)7-8-15(23)4/h7-12H,5-6H2,1-4H3,(H,22,24)/b17-11-. The van der Waals surface area contributed by atoms with Crippen LogP contribution in [0.2, 0.25) is 0 Å². The molecular weight excluding hydrogens is 330 g/mol. The molecule has 0 saturated heterocycles. The first kappa shape index (κ1) is 19.1. The van der Waals surface area contributed by atoms with E-state index in [-0.39, 0.29) is 5.57 Å². The van der Waals surface area contributed by atoms with Crippen LogP contribution in [0.1, 0.15) is 30.8 Å². The second kappa shape index (κ2) is 8.77. The summed E-state index contributed by atoms with van der Waals surface area (Å²) in [5, 5.41) is 9.43. The molecule has 2 aromatic rings. The van der Waals surface area contributed by atoms with E-state index >= 15 is 0 Å². The lowest BCUT2D eigenvalue weighted by Crippen LogP contribution is -2.25. The van der Waals surface area contributed by atoms with Gasteiger partial charge in [0.05, 0.1) is 13.2 Å². The normalized spacial score (nSPS) is 11.0. The third-order valence-corrected chi connectivity index (χ3v) is 3.75. The first-order chi connectivity index (χ1) is 12.5. The molecule has 6 nitrogen and oxygen atoms in total. The van der Waals surface area contributed by atoms with Crippen LogP contribution in [-0.4, -0.2) is 23.8 Å². The molecule has 0 aliphatic carbocycles. The summed E-state index contributed by atoms with van der Waals surface area (Å²) in [7, 11) is 0. The average molecular weight is 353 g/mol. The van der Waals surface area contributed by atoms with E-state index in [0.29, 0.717) is 30.3 Å². The molecule has 0 atom stereocenters. The summed E-state index contributed by atoms with van der Waals surface area (Å²) in [6.45, 7) is 8.54. The Balaban J connectivity index is 2.32. The zero-order valence-electron chi connectivity index (χ0n) is 15.5. The minimum absolute atomic E-state index is 0.0115. The van der Waals surface area contributed by atoms with Crippen LogP contribution in [0, 0.1) is 25.2 Å². The molecule has 0 aliphatic heterocycles. The number of nitrogens with one attached hydrogen (secondary N) is 1. The molecule has 0 fully saturated rings. The summed E-state index contributed by atoms with van der Waals surface area (Å²) < 4.78 is 12.7. The maximum Gasteiger partial charge on any atom is 0.280 e. The van der Waals surface area contributed by atoms with E-state index in [1.54, 1.807) is 22.9 Å². The highest BCUT2D eigenvalue weighted by atomic mass is 16.5. The van der Waals surface area contributed by atoms with Gasteiger partial charge in [0.15, 0.2) is 0 Å². The molecule has 1 aromatic heterocycles. The molecule has 0 radical (unpaired) electrons. The Morgan fingerprint density at radius 2 is 1.81 bits per heavy atom. The van der Waals surface area contributed by atoms with E-state index < -0.39 is 5.91 Å². The van der Waals surface area contributed by atoms with E-state index in [0.717, 1.165) is 11.4 Å². The fraction of sp³-hybridized carbons (Fsp3) is 0.300. The summed E-state index contributed by atoms with van der Waals surface area (Å²) in [4.78, 5) is 12.5. The van der Waals surface area contributed by atoms with Crippen LogP contribution in [0.3, 0.4) is 0 Å². The summed E-state index contributed by atoms with van der Waals surface area (Å²) in [5.41, 5.74) is 5.12. The largest absolute Gasteiger partial charge is 0.494 e. The third kappa shape index (κ3) is 4.45. The lowest BCUT2D eigenvalue weighted by molar-refractivity contribution is -0.113. The molecule has 1 N–H and O–H groups in total. The number of aryl methyl sites for hydroxylation is 2. The first-order valence-corrected chi connectivity index (χ1v) is 8.47. The van der Waals surface area contributed by atoms with E-state index in [1.807, 2.05) is 45.9 Å². The maximum atomic E-state index is 12.5. The van der Waals surface area contributed by atoms with Gasteiger partial charge in [-0.05, 0) is 58.0 Å². The molecule has 1 aromatic carbocycles. The number of ether oxygens (including phenoxy) is 2. The Morgan fingerprint density at radius 3 is 2.38 bits per heavy atom. The monoisotopic (exact) mass is 353 g/mol. The molecule has 0 spiro atoms. The summed E-state index contributed by atoms with van der Waals surface area (Å²) in [6.07, 6.45) is 1.52. The van der Waals surface area contributed by atoms with Crippen molar-refractivity contribution >= 4 is 12.0 Å². The van der Waals surface area contributed by atoms with E-state index in [9.17, 15) is 10.1 Å². The van der Waals surface area contributed by atoms with Crippen LogP contribution in [0.25, 0.3) is 6.08 Å². The molecule has 6 heteroatoms. The van der Waals surface area contributed by atoms with Crippen LogP contribution >= 0.6 is 0 Å². The fourth-order valence-corrected chi connectivity index (χ4v) is 2.48. The maximum absolute atomic E-state index is 12.5. The second-order valence-corrected chi connectivity index (χ2v) is 5.63. The van der Waals surface area contributed by atoms with Gasteiger partial charge in [-0.3, -0.25) is 14.9 Å². The van der Waals surface area contributed by atoms with Crippen molar-refractivity contribution in [1.82, 2.24) is 4.68 Å². The van der Waals surface area contributed by atoms with Gasteiger partial charge in [0.1, 0.15) is 23.1 Å². The lowest BCUT2D eigenvalue weighted by Gasteiger charge is -2.12. The molecule has 26 heavy (non-hydrogen) atoms. The molecule has 0 unspecified atom stereocenters. The number of rotatable bonds is 7. The van der Waals surface area contributed by atoms with Crippen molar-refractivity contribution in [1.29, 1.82) is 5.26 Å². The predicted octanol–water partition coefficient (Wildman–Crippen LogP) is 3.58. The topological polar surface area (TPSA) is 76.3 Å². The predicted molar refractivity (Wildman–Crippen MR) is 101 cm³/mol. The fourth-order valence-electron chi connectivity index (χ4n) is 2.48. The highest BCUT2D eigenvalue weighted by molar-refractivity contribution is 6.06. The number of aromatic nitrogens is 1. The Bertz CT molecular complexity index is 840. The van der Waals surface area contributed by atoms with Crippen molar-refractivity contribution < 1.29 is 14.3 Å². The van der Waals surface area contributed by atoms with Crippen molar-refractivity contribution in [2.75, 3.05) is 18.6 Å². The first-order valence-electron chi connectivity index (χ1n) is 8.47. The van der Waals surface area contributed by atoms with Crippen molar-refractivity contribution in [3.63, 3.8) is 0 Å². The van der Waals surface area contributed by atoms with Gasteiger partial charge in [-0.2, -0.15) is 5.26 Å². The lowest BCUT2D eigenvalue weighted by atomic mass is 10.1. The van der Waals surface area contributed by atoms with Gasteiger partial charge in [-0.25, -0.2) is 0 Å². The molecule has 1 heterocycles. The Morgan fingerprint density at radius 1 is 1.15 bits per heavy atom. The average Bonchev–Trinajstić information content (AvgIpc) is 2.93. The van der Waals surface area contributed by atoms with E-state index in [2.05, 4.69) is 5.43 Å². The quantitative estimate of drug-likeness (QED) is 0.610.